The number of nitrogens with zero attached hydrogens (tertiary/aromatic N) is 2. The van der Waals surface area contributed by atoms with Gasteiger partial charge in [0.05, 0.1) is 12.6 Å². The van der Waals surface area contributed by atoms with Crippen molar-refractivity contribution in [1.29, 1.82) is 0 Å². The van der Waals surface area contributed by atoms with Crippen molar-refractivity contribution >= 4 is 11.6 Å². The van der Waals surface area contributed by atoms with E-state index in [1.165, 1.54) is 11.1 Å². The predicted molar refractivity (Wildman–Crippen MR) is 90.6 cm³/mol. The second-order valence-electron chi connectivity index (χ2n) is 7.46. The normalized spacial score (nSPS) is 30.3. The molecule has 0 spiro atoms. The summed E-state index contributed by atoms with van der Waals surface area (Å²) in [5.41, 5.74) is 3.68. The quantitative estimate of drug-likeness (QED) is 0.910. The number of piperidine rings is 1. The van der Waals surface area contributed by atoms with Gasteiger partial charge in [0.15, 0.2) is 0 Å². The number of anilines is 1. The van der Waals surface area contributed by atoms with Gasteiger partial charge in [-0.1, -0.05) is 17.7 Å². The molecule has 4 heteroatoms. The molecule has 4 nitrogen and oxygen atoms in total. The monoisotopic (exact) mass is 314 g/mol. The summed E-state index contributed by atoms with van der Waals surface area (Å²) in [6.45, 7) is 3.45. The Bertz CT molecular complexity index is 601. The van der Waals surface area contributed by atoms with Gasteiger partial charge in [-0.15, -0.1) is 0 Å². The highest BCUT2D eigenvalue weighted by Crippen LogP contribution is 2.36. The summed E-state index contributed by atoms with van der Waals surface area (Å²) in [6, 6.07) is 7.22. The molecule has 2 bridgehead atoms. The zero-order valence-corrected chi connectivity index (χ0v) is 13.9. The molecule has 0 aliphatic carbocycles. The highest BCUT2D eigenvalue weighted by Gasteiger charge is 2.41. The van der Waals surface area contributed by atoms with Crippen molar-refractivity contribution in [3.63, 3.8) is 0 Å². The van der Waals surface area contributed by atoms with Gasteiger partial charge in [0, 0.05) is 24.3 Å². The van der Waals surface area contributed by atoms with E-state index in [2.05, 4.69) is 30.0 Å². The van der Waals surface area contributed by atoms with Crippen LogP contribution in [0.4, 0.5) is 5.69 Å². The van der Waals surface area contributed by atoms with Crippen molar-refractivity contribution in [2.24, 2.45) is 0 Å². The third-order valence-electron chi connectivity index (χ3n) is 5.83. The molecule has 1 aromatic carbocycles. The number of carbonyl (C=O) groups is 1. The van der Waals surface area contributed by atoms with Gasteiger partial charge in [-0.05, 0) is 57.1 Å². The lowest BCUT2D eigenvalue weighted by atomic mass is 9.98. The van der Waals surface area contributed by atoms with Crippen molar-refractivity contribution in [3.05, 3.63) is 29.3 Å². The predicted octanol–water partition coefficient (Wildman–Crippen LogP) is 2.26. The number of amides is 1. The minimum atomic E-state index is -0.169. The largest absolute Gasteiger partial charge is 0.393 e. The zero-order valence-electron chi connectivity index (χ0n) is 13.9. The first-order valence-corrected chi connectivity index (χ1v) is 8.95. The van der Waals surface area contributed by atoms with Gasteiger partial charge in [-0.3, -0.25) is 9.69 Å². The Hall–Kier alpha value is -1.39. The molecule has 3 atom stereocenters. The third-order valence-corrected chi connectivity index (χ3v) is 5.83. The molecule has 0 aromatic heterocycles. The van der Waals surface area contributed by atoms with Crippen LogP contribution in [0.2, 0.25) is 0 Å². The Morgan fingerprint density at radius 3 is 2.74 bits per heavy atom. The number of hydrogen-bond donors (Lipinski definition) is 1. The van der Waals surface area contributed by atoms with Crippen LogP contribution in [-0.4, -0.2) is 47.2 Å². The molecule has 124 valence electrons. The summed E-state index contributed by atoms with van der Waals surface area (Å²) in [7, 11) is 0. The number of rotatable bonds is 2. The van der Waals surface area contributed by atoms with Crippen LogP contribution >= 0.6 is 0 Å². The van der Waals surface area contributed by atoms with Gasteiger partial charge in [0.25, 0.3) is 0 Å². The van der Waals surface area contributed by atoms with E-state index in [1.807, 2.05) is 4.90 Å². The Morgan fingerprint density at radius 2 is 2.00 bits per heavy atom. The fraction of sp³-hybridized carbons (Fsp3) is 0.632. The second-order valence-corrected chi connectivity index (χ2v) is 7.46. The number of hydrogen-bond acceptors (Lipinski definition) is 3. The summed E-state index contributed by atoms with van der Waals surface area (Å²) in [5.74, 6) is 0.225. The number of fused-ring (bicyclic) bond motifs is 3. The molecule has 3 aliphatic rings. The van der Waals surface area contributed by atoms with Crippen molar-refractivity contribution in [2.45, 2.75) is 63.6 Å². The molecule has 0 radical (unpaired) electrons. The molecule has 1 unspecified atom stereocenters. The number of aliphatic hydroxyl groups excluding tert-OH is 1. The standard InChI is InChI=1S/C19H26N2O2/c1-13-4-7-18-14(9-13)3-2-8-20(18)19(23)12-21-15-5-6-16(21)11-17(22)10-15/h4,7,9,15-17,22H,2-3,5-6,8,10-12H2,1H3/t15-,16+,17?. The number of aryl methyl sites for hydroxylation is 2. The van der Waals surface area contributed by atoms with Crippen LogP contribution in [0.15, 0.2) is 18.2 Å². The third kappa shape index (κ3) is 2.79. The van der Waals surface area contributed by atoms with Gasteiger partial charge >= 0.3 is 0 Å². The van der Waals surface area contributed by atoms with E-state index in [0.717, 1.165) is 50.8 Å². The van der Waals surface area contributed by atoms with E-state index >= 15 is 0 Å². The molecule has 0 saturated carbocycles. The van der Waals surface area contributed by atoms with Gasteiger partial charge in [0.1, 0.15) is 0 Å². The summed E-state index contributed by atoms with van der Waals surface area (Å²) in [4.78, 5) is 17.3. The molecule has 3 aliphatic heterocycles. The summed E-state index contributed by atoms with van der Waals surface area (Å²) in [6.07, 6.45) is 5.88. The highest BCUT2D eigenvalue weighted by molar-refractivity contribution is 5.96. The van der Waals surface area contributed by atoms with E-state index in [-0.39, 0.29) is 12.0 Å². The molecule has 2 saturated heterocycles. The fourth-order valence-corrected chi connectivity index (χ4v) is 4.73. The van der Waals surface area contributed by atoms with Crippen LogP contribution in [0.1, 0.15) is 43.2 Å². The lowest BCUT2D eigenvalue weighted by molar-refractivity contribution is -0.121. The maximum absolute atomic E-state index is 12.9. The molecule has 1 N–H and O–H groups in total. The van der Waals surface area contributed by atoms with Gasteiger partial charge in [0.2, 0.25) is 5.91 Å². The maximum Gasteiger partial charge on any atom is 0.241 e. The van der Waals surface area contributed by atoms with Gasteiger partial charge in [-0.25, -0.2) is 0 Å². The Labute approximate surface area is 138 Å². The number of aliphatic hydroxyl groups is 1. The Balaban J connectivity index is 1.51. The molecule has 4 rings (SSSR count). The van der Waals surface area contributed by atoms with Gasteiger partial charge in [-0.2, -0.15) is 0 Å². The lowest BCUT2D eigenvalue weighted by Gasteiger charge is -2.38. The minimum absolute atomic E-state index is 0.169. The van der Waals surface area contributed by atoms with Crippen LogP contribution in [0.3, 0.4) is 0 Å². The Morgan fingerprint density at radius 1 is 1.26 bits per heavy atom. The number of benzene rings is 1. The summed E-state index contributed by atoms with van der Waals surface area (Å²) in [5, 5.41) is 9.92. The topological polar surface area (TPSA) is 43.8 Å². The summed E-state index contributed by atoms with van der Waals surface area (Å²) < 4.78 is 0. The van der Waals surface area contributed by atoms with Crippen LogP contribution in [0, 0.1) is 6.92 Å². The maximum atomic E-state index is 12.9. The van der Waals surface area contributed by atoms with Crippen LogP contribution in [0.25, 0.3) is 0 Å². The Kier molecular flexibility index (Phi) is 3.90. The van der Waals surface area contributed by atoms with E-state index < -0.39 is 0 Å². The first-order valence-electron chi connectivity index (χ1n) is 8.95. The molecular weight excluding hydrogens is 288 g/mol. The van der Waals surface area contributed by atoms with E-state index in [4.69, 9.17) is 0 Å². The van der Waals surface area contributed by atoms with E-state index in [1.54, 1.807) is 0 Å². The van der Waals surface area contributed by atoms with Crippen LogP contribution < -0.4 is 4.90 Å². The van der Waals surface area contributed by atoms with E-state index in [9.17, 15) is 9.90 Å². The van der Waals surface area contributed by atoms with E-state index in [0.29, 0.717) is 18.6 Å². The minimum Gasteiger partial charge on any atom is -0.393 e. The van der Waals surface area contributed by atoms with Crippen molar-refractivity contribution in [3.8, 4) is 0 Å². The molecule has 1 aromatic rings. The first-order chi connectivity index (χ1) is 11.1. The molecule has 3 heterocycles. The van der Waals surface area contributed by atoms with Crippen molar-refractivity contribution < 1.29 is 9.90 Å². The smallest absolute Gasteiger partial charge is 0.241 e. The lowest BCUT2D eigenvalue weighted by Crippen LogP contribution is -2.50. The molecule has 23 heavy (non-hydrogen) atoms. The second kappa shape index (κ2) is 5.91. The average molecular weight is 314 g/mol. The SMILES string of the molecule is Cc1ccc2c(c1)CCCN2C(=O)CN1[C@@H]2CC[C@H]1CC(O)C2. The molecular formula is C19H26N2O2. The average Bonchev–Trinajstić information content (AvgIpc) is 2.77. The highest BCUT2D eigenvalue weighted by atomic mass is 16.3. The van der Waals surface area contributed by atoms with Crippen LogP contribution in [0.5, 0.6) is 0 Å². The van der Waals surface area contributed by atoms with Crippen LogP contribution in [-0.2, 0) is 11.2 Å². The number of carbonyl (C=O) groups excluding carboxylic acids is 1. The molecule has 2 fully saturated rings. The molecule has 1 amide bonds. The fourth-order valence-electron chi connectivity index (χ4n) is 4.73. The zero-order chi connectivity index (χ0) is 16.0. The first kappa shape index (κ1) is 15.2. The summed E-state index contributed by atoms with van der Waals surface area (Å²) >= 11 is 0. The van der Waals surface area contributed by atoms with Crippen molar-refractivity contribution in [2.75, 3.05) is 18.0 Å². The van der Waals surface area contributed by atoms with Crippen molar-refractivity contribution in [1.82, 2.24) is 4.90 Å². The van der Waals surface area contributed by atoms with Gasteiger partial charge < -0.3 is 10.0 Å².